The third-order valence-corrected chi connectivity index (χ3v) is 3.15. The van der Waals surface area contributed by atoms with Crippen LogP contribution in [-0.4, -0.2) is 15.9 Å². The van der Waals surface area contributed by atoms with Gasteiger partial charge in [0.05, 0.1) is 12.2 Å². The molecule has 1 aromatic carbocycles. The molecular formula is C16H13N3O2. The maximum absolute atomic E-state index is 12.1. The summed E-state index contributed by atoms with van der Waals surface area (Å²) in [5.41, 5.74) is 0.736. The van der Waals surface area contributed by atoms with Crippen molar-refractivity contribution in [2.45, 2.75) is 6.54 Å². The van der Waals surface area contributed by atoms with Crippen LogP contribution in [0.25, 0.3) is 10.8 Å². The van der Waals surface area contributed by atoms with Crippen molar-refractivity contribution >= 4 is 16.7 Å². The zero-order valence-corrected chi connectivity index (χ0v) is 11.2. The van der Waals surface area contributed by atoms with Gasteiger partial charge in [-0.3, -0.25) is 14.6 Å². The molecule has 0 radical (unpaired) electrons. The van der Waals surface area contributed by atoms with E-state index in [1.54, 1.807) is 30.5 Å². The Hall–Kier alpha value is -2.95. The molecule has 0 bridgehead atoms. The van der Waals surface area contributed by atoms with E-state index in [2.05, 4.69) is 15.3 Å². The number of hydrogen-bond acceptors (Lipinski definition) is 3. The molecule has 5 nitrogen and oxygen atoms in total. The van der Waals surface area contributed by atoms with E-state index in [1.165, 1.54) is 0 Å². The van der Waals surface area contributed by atoms with Crippen LogP contribution in [0.3, 0.4) is 0 Å². The molecule has 1 amide bonds. The molecule has 0 aliphatic heterocycles. The second kappa shape index (κ2) is 5.58. The number of nitrogens with zero attached hydrogens (tertiary/aromatic N) is 1. The summed E-state index contributed by atoms with van der Waals surface area (Å²) in [6, 6.07) is 14.3. The largest absolute Gasteiger partial charge is 0.345 e. The lowest BCUT2D eigenvalue weighted by Gasteiger charge is -2.05. The Balaban J connectivity index is 1.83. The van der Waals surface area contributed by atoms with E-state index in [0.29, 0.717) is 11.9 Å². The highest BCUT2D eigenvalue weighted by Gasteiger charge is 2.09. The van der Waals surface area contributed by atoms with Crippen molar-refractivity contribution in [1.82, 2.24) is 15.3 Å². The van der Waals surface area contributed by atoms with Crippen molar-refractivity contribution in [3.05, 3.63) is 76.5 Å². The number of aromatic amines is 1. The van der Waals surface area contributed by atoms with Gasteiger partial charge in [0.1, 0.15) is 5.69 Å². The normalized spacial score (nSPS) is 10.5. The molecule has 0 fully saturated rings. The van der Waals surface area contributed by atoms with Crippen LogP contribution in [0.2, 0.25) is 0 Å². The molecule has 0 saturated carbocycles. The molecule has 21 heavy (non-hydrogen) atoms. The first kappa shape index (κ1) is 13.1. The third kappa shape index (κ3) is 2.81. The van der Waals surface area contributed by atoms with Crippen molar-refractivity contribution < 1.29 is 4.79 Å². The minimum Gasteiger partial charge on any atom is -0.345 e. The lowest BCUT2D eigenvalue weighted by atomic mass is 10.1. The summed E-state index contributed by atoms with van der Waals surface area (Å²) in [7, 11) is 0. The van der Waals surface area contributed by atoms with E-state index in [0.717, 1.165) is 11.1 Å². The molecule has 2 N–H and O–H groups in total. The highest BCUT2D eigenvalue weighted by atomic mass is 16.2. The SMILES string of the molecule is O=C(NCc1ccccn1)c1cc2ccccc2c(=O)[nH]1. The predicted molar refractivity (Wildman–Crippen MR) is 80.0 cm³/mol. The number of aromatic nitrogens is 2. The van der Waals surface area contributed by atoms with Gasteiger partial charge >= 0.3 is 0 Å². The minimum absolute atomic E-state index is 0.245. The molecule has 3 rings (SSSR count). The first-order chi connectivity index (χ1) is 10.2. The van der Waals surface area contributed by atoms with Crippen LogP contribution < -0.4 is 10.9 Å². The Morgan fingerprint density at radius 3 is 2.76 bits per heavy atom. The highest BCUT2D eigenvalue weighted by molar-refractivity contribution is 5.96. The number of pyridine rings is 2. The molecule has 3 aromatic rings. The fourth-order valence-corrected chi connectivity index (χ4v) is 2.10. The molecule has 0 spiro atoms. The molecule has 2 aromatic heterocycles. The lowest BCUT2D eigenvalue weighted by molar-refractivity contribution is 0.0945. The summed E-state index contributed by atoms with van der Waals surface area (Å²) in [5.74, 6) is -0.330. The monoisotopic (exact) mass is 279 g/mol. The number of rotatable bonds is 3. The molecule has 104 valence electrons. The maximum atomic E-state index is 12.1. The average molecular weight is 279 g/mol. The van der Waals surface area contributed by atoms with Crippen LogP contribution in [0.1, 0.15) is 16.2 Å². The summed E-state index contributed by atoms with van der Waals surface area (Å²) in [5, 5.41) is 4.04. The number of carbonyl (C=O) groups is 1. The van der Waals surface area contributed by atoms with Crippen LogP contribution in [0.5, 0.6) is 0 Å². The fourth-order valence-electron chi connectivity index (χ4n) is 2.10. The van der Waals surface area contributed by atoms with Crippen LogP contribution in [-0.2, 0) is 6.54 Å². The van der Waals surface area contributed by atoms with Gasteiger partial charge in [0.25, 0.3) is 11.5 Å². The summed E-state index contributed by atoms with van der Waals surface area (Å²) in [6.07, 6.45) is 1.67. The van der Waals surface area contributed by atoms with Gasteiger partial charge in [-0.25, -0.2) is 0 Å². The molecule has 5 heteroatoms. The summed E-state index contributed by atoms with van der Waals surface area (Å²) in [6.45, 7) is 0.314. The molecule has 0 saturated heterocycles. The van der Waals surface area contributed by atoms with Crippen molar-refractivity contribution in [3.8, 4) is 0 Å². The Kier molecular flexibility index (Phi) is 3.47. The van der Waals surface area contributed by atoms with Crippen LogP contribution in [0.4, 0.5) is 0 Å². The van der Waals surface area contributed by atoms with Crippen molar-refractivity contribution in [3.63, 3.8) is 0 Å². The van der Waals surface area contributed by atoms with Gasteiger partial charge < -0.3 is 10.3 Å². The standard InChI is InChI=1S/C16H13N3O2/c20-15-13-7-2-1-5-11(13)9-14(19-15)16(21)18-10-12-6-3-4-8-17-12/h1-9H,10H2,(H,18,21)(H,19,20). The van der Waals surface area contributed by atoms with Gasteiger partial charge in [0.15, 0.2) is 0 Å². The zero-order chi connectivity index (χ0) is 14.7. The van der Waals surface area contributed by atoms with E-state index >= 15 is 0 Å². The quantitative estimate of drug-likeness (QED) is 0.768. The van der Waals surface area contributed by atoms with E-state index < -0.39 is 0 Å². The Morgan fingerprint density at radius 2 is 1.95 bits per heavy atom. The molecule has 0 aliphatic carbocycles. The molecule has 0 atom stereocenters. The summed E-state index contributed by atoms with van der Waals surface area (Å²) in [4.78, 5) is 30.8. The van der Waals surface area contributed by atoms with Gasteiger partial charge in [-0.1, -0.05) is 24.3 Å². The molecule has 0 aliphatic rings. The smallest absolute Gasteiger partial charge is 0.268 e. The number of nitrogens with one attached hydrogen (secondary N) is 2. The van der Waals surface area contributed by atoms with Gasteiger partial charge in [-0.15, -0.1) is 0 Å². The van der Waals surface area contributed by atoms with Crippen LogP contribution >= 0.6 is 0 Å². The first-order valence-corrected chi connectivity index (χ1v) is 6.54. The average Bonchev–Trinajstić information content (AvgIpc) is 2.53. The number of H-pyrrole nitrogens is 1. The van der Waals surface area contributed by atoms with E-state index in [9.17, 15) is 9.59 Å². The second-order valence-electron chi connectivity index (χ2n) is 4.60. The summed E-state index contributed by atoms with van der Waals surface area (Å²) >= 11 is 0. The number of carbonyl (C=O) groups excluding carboxylic acids is 1. The van der Waals surface area contributed by atoms with Gasteiger partial charge in [0.2, 0.25) is 0 Å². The van der Waals surface area contributed by atoms with Gasteiger partial charge in [-0.2, -0.15) is 0 Å². The number of amides is 1. The van der Waals surface area contributed by atoms with E-state index in [-0.39, 0.29) is 17.2 Å². The molecule has 0 unspecified atom stereocenters. The number of benzene rings is 1. The molecule has 2 heterocycles. The Morgan fingerprint density at radius 1 is 1.14 bits per heavy atom. The topological polar surface area (TPSA) is 74.8 Å². The Bertz CT molecular complexity index is 841. The lowest BCUT2D eigenvalue weighted by Crippen LogP contribution is -2.26. The van der Waals surface area contributed by atoms with E-state index in [4.69, 9.17) is 0 Å². The van der Waals surface area contributed by atoms with Gasteiger partial charge in [0, 0.05) is 11.6 Å². The van der Waals surface area contributed by atoms with Crippen LogP contribution in [0, 0.1) is 0 Å². The molecular weight excluding hydrogens is 266 g/mol. The van der Waals surface area contributed by atoms with Crippen molar-refractivity contribution in [2.75, 3.05) is 0 Å². The highest BCUT2D eigenvalue weighted by Crippen LogP contribution is 2.09. The number of fused-ring (bicyclic) bond motifs is 1. The third-order valence-electron chi connectivity index (χ3n) is 3.15. The Labute approximate surface area is 120 Å². The number of hydrogen-bond donors (Lipinski definition) is 2. The van der Waals surface area contributed by atoms with Crippen LogP contribution in [0.15, 0.2) is 59.5 Å². The minimum atomic E-state index is -0.330. The van der Waals surface area contributed by atoms with Crippen molar-refractivity contribution in [1.29, 1.82) is 0 Å². The van der Waals surface area contributed by atoms with Crippen molar-refractivity contribution in [2.24, 2.45) is 0 Å². The fraction of sp³-hybridized carbons (Fsp3) is 0.0625. The first-order valence-electron chi connectivity index (χ1n) is 6.54. The van der Waals surface area contributed by atoms with E-state index in [1.807, 2.05) is 24.3 Å². The maximum Gasteiger partial charge on any atom is 0.268 e. The van der Waals surface area contributed by atoms with Gasteiger partial charge in [-0.05, 0) is 29.7 Å². The second-order valence-corrected chi connectivity index (χ2v) is 4.60. The predicted octanol–water partition coefficient (Wildman–Crippen LogP) is 1.85. The summed E-state index contributed by atoms with van der Waals surface area (Å²) < 4.78 is 0. The zero-order valence-electron chi connectivity index (χ0n) is 11.2.